The number of aliphatic imine (C=N–C) groups is 1. The summed E-state index contributed by atoms with van der Waals surface area (Å²) in [7, 11) is 0. The molecule has 0 bridgehead atoms. The number of amides is 1. The monoisotopic (exact) mass is 136 g/mol. The minimum atomic E-state index is -0.331. The molecule has 0 saturated carbocycles. The molecular formula is C5H4N4O. The summed E-state index contributed by atoms with van der Waals surface area (Å²) in [6.07, 6.45) is 1.42. The van der Waals surface area contributed by atoms with Crippen molar-refractivity contribution in [3.8, 4) is 0 Å². The van der Waals surface area contributed by atoms with E-state index in [1.807, 2.05) is 0 Å². The second-order valence-electron chi connectivity index (χ2n) is 1.95. The maximum absolute atomic E-state index is 10.7. The molecule has 50 valence electrons. The number of aromatic amines is 1. The van der Waals surface area contributed by atoms with Gasteiger partial charge < -0.3 is 10.7 Å². The molecule has 0 saturated heterocycles. The number of anilines is 1. The largest absolute Gasteiger partial charge is 0.369 e. The Labute approximate surface area is 56.0 Å². The Morgan fingerprint density at radius 3 is 3.10 bits per heavy atom. The zero-order valence-electron chi connectivity index (χ0n) is 4.96. The molecule has 0 unspecified atom stereocenters. The van der Waals surface area contributed by atoms with Gasteiger partial charge in [0, 0.05) is 0 Å². The lowest BCUT2D eigenvalue weighted by molar-refractivity contribution is 0.100. The molecule has 5 heteroatoms. The summed E-state index contributed by atoms with van der Waals surface area (Å²) < 4.78 is 0. The maximum atomic E-state index is 10.7. The topological polar surface area (TPSA) is 84.1 Å². The van der Waals surface area contributed by atoms with Crippen LogP contribution >= 0.6 is 0 Å². The zero-order valence-corrected chi connectivity index (χ0v) is 4.96. The van der Waals surface area contributed by atoms with Crippen LogP contribution in [0.5, 0.6) is 0 Å². The predicted octanol–water partition coefficient (Wildman–Crippen LogP) is -0.435. The van der Waals surface area contributed by atoms with Gasteiger partial charge in [-0.3, -0.25) is 4.79 Å². The summed E-state index contributed by atoms with van der Waals surface area (Å²) in [5, 5.41) is 0. The number of nitrogen functional groups attached to an aromatic ring is 1. The summed E-state index contributed by atoms with van der Waals surface area (Å²) in [6.45, 7) is 0. The van der Waals surface area contributed by atoms with Gasteiger partial charge in [0.2, 0.25) is 0 Å². The summed E-state index contributed by atoms with van der Waals surface area (Å²) in [5.41, 5.74) is 6.19. The highest BCUT2D eigenvalue weighted by Crippen LogP contribution is 2.11. The van der Waals surface area contributed by atoms with Crippen LogP contribution in [0.15, 0.2) is 4.99 Å². The normalized spacial score (nSPS) is 14.2. The van der Waals surface area contributed by atoms with Crippen LogP contribution < -0.4 is 5.73 Å². The fourth-order valence-electron chi connectivity index (χ4n) is 0.847. The number of hydrogen-bond donors (Lipinski definition) is 2. The lowest BCUT2D eigenvalue weighted by atomic mass is 10.4. The predicted molar refractivity (Wildman–Crippen MR) is 34.9 cm³/mol. The van der Waals surface area contributed by atoms with Gasteiger partial charge in [0.05, 0.1) is 11.9 Å². The maximum Gasteiger partial charge on any atom is 0.297 e. The van der Waals surface area contributed by atoms with Crippen LogP contribution in [-0.4, -0.2) is 22.1 Å². The molecule has 0 spiro atoms. The molecule has 1 aromatic heterocycles. The average molecular weight is 136 g/mol. The summed E-state index contributed by atoms with van der Waals surface area (Å²) in [6, 6.07) is 0. The first kappa shape index (κ1) is 5.16. The number of fused-ring (bicyclic) bond motifs is 1. The highest BCUT2D eigenvalue weighted by Gasteiger charge is 2.19. The molecule has 1 aromatic rings. The van der Waals surface area contributed by atoms with E-state index in [1.54, 1.807) is 0 Å². The van der Waals surface area contributed by atoms with Gasteiger partial charge in [-0.2, -0.15) is 0 Å². The lowest BCUT2D eigenvalue weighted by Gasteiger charge is -1.77. The van der Waals surface area contributed by atoms with Crippen molar-refractivity contribution < 1.29 is 4.79 Å². The third-order valence-corrected chi connectivity index (χ3v) is 1.26. The molecule has 1 aliphatic heterocycles. The van der Waals surface area contributed by atoms with E-state index < -0.39 is 0 Å². The van der Waals surface area contributed by atoms with E-state index >= 15 is 0 Å². The molecule has 0 aromatic carbocycles. The third-order valence-electron chi connectivity index (χ3n) is 1.26. The molecule has 10 heavy (non-hydrogen) atoms. The quantitative estimate of drug-likeness (QED) is 0.507. The summed E-state index contributed by atoms with van der Waals surface area (Å²) in [5.74, 6) is -0.0764. The minimum absolute atomic E-state index is 0.254. The van der Waals surface area contributed by atoms with Crippen molar-refractivity contribution >= 4 is 18.1 Å². The van der Waals surface area contributed by atoms with Gasteiger partial charge in [0.15, 0.2) is 11.6 Å². The first-order valence-electron chi connectivity index (χ1n) is 2.71. The van der Waals surface area contributed by atoms with Crippen LogP contribution in [0.1, 0.15) is 16.2 Å². The molecule has 3 N–H and O–H groups in total. The number of nitrogens with one attached hydrogen (secondary N) is 1. The van der Waals surface area contributed by atoms with Crippen molar-refractivity contribution in [2.45, 2.75) is 0 Å². The number of rotatable bonds is 0. The molecule has 5 nitrogen and oxygen atoms in total. The van der Waals surface area contributed by atoms with E-state index in [0.29, 0.717) is 11.4 Å². The molecule has 2 rings (SSSR count). The molecule has 1 amide bonds. The van der Waals surface area contributed by atoms with Crippen LogP contribution in [0.4, 0.5) is 5.95 Å². The highest BCUT2D eigenvalue weighted by molar-refractivity contribution is 6.11. The van der Waals surface area contributed by atoms with Gasteiger partial charge in [0.1, 0.15) is 0 Å². The Hall–Kier alpha value is -1.65. The number of imidazole rings is 1. The van der Waals surface area contributed by atoms with Crippen LogP contribution in [-0.2, 0) is 0 Å². The van der Waals surface area contributed by atoms with Gasteiger partial charge in [-0.1, -0.05) is 0 Å². The Morgan fingerprint density at radius 2 is 2.40 bits per heavy atom. The van der Waals surface area contributed by atoms with E-state index in [9.17, 15) is 4.79 Å². The third kappa shape index (κ3) is 0.485. The van der Waals surface area contributed by atoms with Crippen LogP contribution in [0.2, 0.25) is 0 Å². The van der Waals surface area contributed by atoms with Crippen molar-refractivity contribution in [3.63, 3.8) is 0 Å². The first-order chi connectivity index (χ1) is 4.77. The van der Waals surface area contributed by atoms with E-state index in [-0.39, 0.29) is 11.9 Å². The van der Waals surface area contributed by atoms with Crippen molar-refractivity contribution in [1.29, 1.82) is 0 Å². The number of aromatic nitrogens is 2. The Morgan fingerprint density at radius 1 is 1.60 bits per heavy atom. The van der Waals surface area contributed by atoms with Crippen LogP contribution in [0.25, 0.3) is 0 Å². The molecule has 0 atom stereocenters. The van der Waals surface area contributed by atoms with Crippen LogP contribution in [0.3, 0.4) is 0 Å². The number of nitrogens with zero attached hydrogens (tertiary/aromatic N) is 2. The fraction of sp³-hybridized carbons (Fsp3) is 0. The zero-order chi connectivity index (χ0) is 7.14. The second-order valence-corrected chi connectivity index (χ2v) is 1.95. The molecule has 1 aliphatic rings. The number of nitrogens with two attached hydrogens (primary N) is 1. The van der Waals surface area contributed by atoms with Gasteiger partial charge in [-0.25, -0.2) is 9.98 Å². The van der Waals surface area contributed by atoms with Gasteiger partial charge >= 0.3 is 0 Å². The highest BCUT2D eigenvalue weighted by atomic mass is 16.1. The Kier molecular flexibility index (Phi) is 0.743. The van der Waals surface area contributed by atoms with Crippen molar-refractivity contribution in [2.75, 3.05) is 5.73 Å². The second kappa shape index (κ2) is 1.44. The van der Waals surface area contributed by atoms with Crippen molar-refractivity contribution in [2.24, 2.45) is 4.99 Å². The number of carbonyl (C=O) groups excluding carboxylic acids is 1. The molecule has 0 fully saturated rings. The summed E-state index contributed by atoms with van der Waals surface area (Å²) >= 11 is 0. The number of carbonyl (C=O) groups is 1. The lowest BCUT2D eigenvalue weighted by Crippen LogP contribution is -1.92. The Bertz CT molecular complexity index is 324. The van der Waals surface area contributed by atoms with Gasteiger partial charge in [0.25, 0.3) is 5.91 Å². The molecule has 2 heterocycles. The van der Waals surface area contributed by atoms with E-state index in [0.717, 1.165) is 0 Å². The van der Waals surface area contributed by atoms with Crippen molar-refractivity contribution in [3.05, 3.63) is 11.4 Å². The minimum Gasteiger partial charge on any atom is -0.369 e. The fourth-order valence-corrected chi connectivity index (χ4v) is 0.847. The molecule has 0 radical (unpaired) electrons. The van der Waals surface area contributed by atoms with Gasteiger partial charge in [-0.05, 0) is 0 Å². The first-order valence-corrected chi connectivity index (χ1v) is 2.71. The van der Waals surface area contributed by atoms with Crippen molar-refractivity contribution in [1.82, 2.24) is 9.97 Å². The van der Waals surface area contributed by atoms with Crippen LogP contribution in [0, 0.1) is 0 Å². The van der Waals surface area contributed by atoms with E-state index in [4.69, 9.17) is 5.73 Å². The van der Waals surface area contributed by atoms with E-state index in [1.165, 1.54) is 6.21 Å². The Balaban J connectivity index is 2.68. The average Bonchev–Trinajstić information content (AvgIpc) is 2.35. The molecular weight excluding hydrogens is 132 g/mol. The smallest absolute Gasteiger partial charge is 0.297 e. The van der Waals surface area contributed by atoms with Gasteiger partial charge in [-0.15, -0.1) is 0 Å². The summed E-state index contributed by atoms with van der Waals surface area (Å²) in [4.78, 5) is 20.6. The van der Waals surface area contributed by atoms with E-state index in [2.05, 4.69) is 15.0 Å². The molecule has 0 aliphatic carbocycles. The SMILES string of the molecule is Nc1nc2c([nH]1)C=NC2=O. The number of H-pyrrole nitrogens is 1. The number of hydrogen-bond acceptors (Lipinski definition) is 3. The standard InChI is InChI=1S/C5H4N4O/c6-5-8-2-1-7-4(10)3(2)9-5/h1H,(H3,6,8,9).